The summed E-state index contributed by atoms with van der Waals surface area (Å²) < 4.78 is 0. The number of rotatable bonds is 6. The summed E-state index contributed by atoms with van der Waals surface area (Å²) in [5, 5.41) is 19.2. The summed E-state index contributed by atoms with van der Waals surface area (Å²) in [6.45, 7) is 3.73. The van der Waals surface area contributed by atoms with E-state index in [-0.39, 0.29) is 18.4 Å². The fraction of sp³-hybridized carbons (Fsp3) is 0.615. The number of aromatic hydroxyl groups is 1. The molecule has 4 heteroatoms. The van der Waals surface area contributed by atoms with Crippen molar-refractivity contribution in [3.05, 3.63) is 23.0 Å². The number of nitrogens with two attached hydrogens (primary N) is 1. The van der Waals surface area contributed by atoms with Gasteiger partial charge in [-0.3, -0.25) is 4.98 Å². The fourth-order valence-corrected chi connectivity index (χ4v) is 1.95. The van der Waals surface area contributed by atoms with Gasteiger partial charge in [-0.15, -0.1) is 0 Å². The van der Waals surface area contributed by atoms with Crippen molar-refractivity contribution < 1.29 is 10.2 Å². The molecule has 1 atom stereocenters. The second-order valence-corrected chi connectivity index (χ2v) is 4.39. The summed E-state index contributed by atoms with van der Waals surface area (Å²) in [5.74, 6) is 0.126. The highest BCUT2D eigenvalue weighted by Crippen LogP contribution is 2.31. The first kappa shape index (κ1) is 13.9. The molecule has 0 radical (unpaired) electrons. The Kier molecular flexibility index (Phi) is 5.38. The highest BCUT2D eigenvalue weighted by atomic mass is 16.3. The fourth-order valence-electron chi connectivity index (χ4n) is 1.95. The molecule has 0 unspecified atom stereocenters. The van der Waals surface area contributed by atoms with Crippen LogP contribution in [-0.2, 0) is 6.61 Å². The topological polar surface area (TPSA) is 79.4 Å². The number of hydrogen-bond donors (Lipinski definition) is 3. The van der Waals surface area contributed by atoms with Gasteiger partial charge in [0, 0.05) is 23.4 Å². The van der Waals surface area contributed by atoms with Crippen LogP contribution < -0.4 is 5.73 Å². The summed E-state index contributed by atoms with van der Waals surface area (Å²) in [6.07, 6.45) is 5.71. The number of aliphatic hydroxyl groups excluding tert-OH is 1. The van der Waals surface area contributed by atoms with Crippen molar-refractivity contribution in [2.45, 2.75) is 52.2 Å². The average Bonchev–Trinajstić information content (AvgIpc) is 2.32. The molecule has 0 amide bonds. The number of nitrogens with zero attached hydrogens (tertiary/aromatic N) is 1. The van der Waals surface area contributed by atoms with Gasteiger partial charge in [0.25, 0.3) is 0 Å². The maximum Gasteiger partial charge on any atom is 0.141 e. The van der Waals surface area contributed by atoms with Crippen molar-refractivity contribution >= 4 is 0 Å². The van der Waals surface area contributed by atoms with Gasteiger partial charge in [0.2, 0.25) is 0 Å². The zero-order chi connectivity index (χ0) is 12.8. The number of aryl methyl sites for hydroxylation is 1. The summed E-state index contributed by atoms with van der Waals surface area (Å²) in [6, 6.07) is -0.231. The molecule has 17 heavy (non-hydrogen) atoms. The zero-order valence-electron chi connectivity index (χ0n) is 10.6. The first-order valence-corrected chi connectivity index (χ1v) is 6.15. The van der Waals surface area contributed by atoms with E-state index in [1.807, 2.05) is 0 Å². The lowest BCUT2D eigenvalue weighted by Crippen LogP contribution is -2.14. The van der Waals surface area contributed by atoms with Crippen molar-refractivity contribution in [2.75, 3.05) is 0 Å². The van der Waals surface area contributed by atoms with E-state index in [0.29, 0.717) is 16.8 Å². The van der Waals surface area contributed by atoms with Crippen molar-refractivity contribution in [3.8, 4) is 5.75 Å². The van der Waals surface area contributed by atoms with E-state index in [4.69, 9.17) is 5.73 Å². The molecule has 0 aliphatic heterocycles. The van der Waals surface area contributed by atoms with E-state index >= 15 is 0 Å². The van der Waals surface area contributed by atoms with Crippen LogP contribution in [0.15, 0.2) is 6.20 Å². The van der Waals surface area contributed by atoms with Gasteiger partial charge in [-0.1, -0.05) is 26.2 Å². The van der Waals surface area contributed by atoms with E-state index in [1.54, 1.807) is 13.1 Å². The molecule has 0 aliphatic rings. The molecule has 4 nitrogen and oxygen atoms in total. The van der Waals surface area contributed by atoms with Crippen LogP contribution in [0.4, 0.5) is 0 Å². The Bertz CT molecular complexity index is 367. The van der Waals surface area contributed by atoms with Gasteiger partial charge >= 0.3 is 0 Å². The normalized spacial score (nSPS) is 12.7. The minimum atomic E-state index is -0.231. The Morgan fingerprint density at radius 1 is 1.41 bits per heavy atom. The quantitative estimate of drug-likeness (QED) is 0.664. The Morgan fingerprint density at radius 3 is 2.71 bits per heavy atom. The third kappa shape index (κ3) is 3.41. The number of aliphatic hydroxyl groups is 1. The highest BCUT2D eigenvalue weighted by molar-refractivity contribution is 5.42. The second-order valence-electron chi connectivity index (χ2n) is 4.39. The van der Waals surface area contributed by atoms with Gasteiger partial charge in [-0.2, -0.15) is 0 Å². The molecule has 4 N–H and O–H groups in total. The predicted octanol–water partition coefficient (Wildman–Crippen LogP) is 2.17. The van der Waals surface area contributed by atoms with Gasteiger partial charge < -0.3 is 15.9 Å². The summed E-state index contributed by atoms with van der Waals surface area (Å²) in [5.41, 5.74) is 7.91. The molecule has 1 rings (SSSR count). The van der Waals surface area contributed by atoms with Gasteiger partial charge in [0.15, 0.2) is 0 Å². The highest BCUT2D eigenvalue weighted by Gasteiger charge is 2.17. The second kappa shape index (κ2) is 6.57. The molecule has 0 fully saturated rings. The van der Waals surface area contributed by atoms with Crippen LogP contribution in [-0.4, -0.2) is 15.2 Å². The van der Waals surface area contributed by atoms with E-state index in [9.17, 15) is 10.2 Å². The smallest absolute Gasteiger partial charge is 0.141 e. The molecule has 1 aromatic heterocycles. The van der Waals surface area contributed by atoms with Gasteiger partial charge in [0.1, 0.15) is 5.75 Å². The Labute approximate surface area is 102 Å². The maximum absolute atomic E-state index is 9.98. The van der Waals surface area contributed by atoms with E-state index in [2.05, 4.69) is 11.9 Å². The predicted molar refractivity (Wildman–Crippen MR) is 67.6 cm³/mol. The number of aromatic nitrogens is 1. The van der Waals surface area contributed by atoms with Crippen molar-refractivity contribution in [1.82, 2.24) is 4.98 Å². The van der Waals surface area contributed by atoms with E-state index in [1.165, 1.54) is 0 Å². The first-order chi connectivity index (χ1) is 8.11. The minimum absolute atomic E-state index is 0.126. The number of unbranched alkanes of at least 4 members (excludes halogenated alkanes) is 2. The Morgan fingerprint density at radius 2 is 2.12 bits per heavy atom. The third-order valence-electron chi connectivity index (χ3n) is 3.02. The molecule has 0 aromatic carbocycles. The summed E-state index contributed by atoms with van der Waals surface area (Å²) >= 11 is 0. The van der Waals surface area contributed by atoms with Crippen LogP contribution in [0.25, 0.3) is 0 Å². The molecular weight excluding hydrogens is 216 g/mol. The first-order valence-electron chi connectivity index (χ1n) is 6.15. The molecule has 0 bridgehead atoms. The minimum Gasteiger partial charge on any atom is -0.506 e. The number of pyridine rings is 1. The zero-order valence-corrected chi connectivity index (χ0v) is 10.6. The van der Waals surface area contributed by atoms with E-state index < -0.39 is 0 Å². The molecule has 96 valence electrons. The van der Waals surface area contributed by atoms with Crippen molar-refractivity contribution in [3.63, 3.8) is 0 Å². The van der Waals surface area contributed by atoms with E-state index in [0.717, 1.165) is 25.7 Å². The standard InChI is InChI=1S/C13H22N2O2/c1-3-4-5-6-11(14)12-10(8-16)7-15-9(2)13(12)17/h7,11,16-17H,3-6,8,14H2,1-2H3/t11-/m1/s1. The summed E-state index contributed by atoms with van der Waals surface area (Å²) in [7, 11) is 0. The third-order valence-corrected chi connectivity index (χ3v) is 3.02. The molecular formula is C13H22N2O2. The Balaban J connectivity index is 2.90. The SMILES string of the molecule is CCCCC[C@@H](N)c1c(CO)cnc(C)c1O. The van der Waals surface area contributed by atoms with Crippen molar-refractivity contribution in [1.29, 1.82) is 0 Å². The monoisotopic (exact) mass is 238 g/mol. The molecule has 1 aromatic rings. The lowest BCUT2D eigenvalue weighted by molar-refractivity contribution is 0.277. The van der Waals surface area contributed by atoms with Gasteiger partial charge in [-0.05, 0) is 13.3 Å². The lowest BCUT2D eigenvalue weighted by Gasteiger charge is -2.17. The number of hydrogen-bond acceptors (Lipinski definition) is 4. The molecule has 0 aliphatic carbocycles. The molecule has 0 saturated heterocycles. The molecule has 1 heterocycles. The van der Waals surface area contributed by atoms with Crippen molar-refractivity contribution in [2.24, 2.45) is 5.73 Å². The van der Waals surface area contributed by atoms with Gasteiger partial charge in [0.05, 0.1) is 12.3 Å². The van der Waals surface area contributed by atoms with Crippen LogP contribution >= 0.6 is 0 Å². The van der Waals surface area contributed by atoms with Crippen LogP contribution in [0.1, 0.15) is 55.5 Å². The molecule has 0 spiro atoms. The van der Waals surface area contributed by atoms with Crippen LogP contribution in [0, 0.1) is 6.92 Å². The maximum atomic E-state index is 9.98. The lowest BCUT2D eigenvalue weighted by atomic mass is 9.96. The molecule has 0 saturated carbocycles. The largest absolute Gasteiger partial charge is 0.506 e. The summed E-state index contributed by atoms with van der Waals surface area (Å²) in [4.78, 5) is 4.02. The van der Waals surface area contributed by atoms with Gasteiger partial charge in [-0.25, -0.2) is 0 Å². The van der Waals surface area contributed by atoms with Crippen LogP contribution in [0.5, 0.6) is 5.75 Å². The van der Waals surface area contributed by atoms with Crippen LogP contribution in [0.2, 0.25) is 0 Å². The average molecular weight is 238 g/mol. The Hall–Kier alpha value is -1.13. The van der Waals surface area contributed by atoms with Crippen LogP contribution in [0.3, 0.4) is 0 Å².